The molecule has 39 heavy (non-hydrogen) atoms. The number of hydrogen-bond donors (Lipinski definition) is 2. The summed E-state index contributed by atoms with van der Waals surface area (Å²) in [5.41, 5.74) is 7.04. The smallest absolute Gasteiger partial charge is 0.290 e. The Hall–Kier alpha value is -4.90. The van der Waals surface area contributed by atoms with E-state index in [1.165, 1.54) is 29.9 Å². The molecule has 0 aliphatic heterocycles. The van der Waals surface area contributed by atoms with Crippen LogP contribution in [0.15, 0.2) is 68.7 Å². The van der Waals surface area contributed by atoms with E-state index in [1.807, 2.05) is 6.92 Å². The Morgan fingerprint density at radius 2 is 1.79 bits per heavy atom. The van der Waals surface area contributed by atoms with E-state index in [1.54, 1.807) is 48.0 Å². The number of anilines is 1. The first-order chi connectivity index (χ1) is 18.6. The molecule has 0 aliphatic carbocycles. The molecule has 12 heteroatoms. The average Bonchev–Trinajstić information content (AvgIpc) is 3.34. The van der Waals surface area contributed by atoms with Gasteiger partial charge in [-0.15, -0.1) is 0 Å². The summed E-state index contributed by atoms with van der Waals surface area (Å²) in [5, 5.41) is 2.87. The summed E-state index contributed by atoms with van der Waals surface area (Å²) >= 11 is 6.23. The molecule has 5 aromatic rings. The lowest BCUT2D eigenvalue weighted by Crippen LogP contribution is -2.21. The number of nitrogens with zero attached hydrogens (tertiary/aromatic N) is 4. The molecule has 0 saturated carbocycles. The topological polar surface area (TPSA) is 147 Å². The molecule has 2 aromatic carbocycles. The van der Waals surface area contributed by atoms with Gasteiger partial charge in [-0.3, -0.25) is 23.9 Å². The van der Waals surface area contributed by atoms with Crippen LogP contribution in [-0.4, -0.2) is 30.9 Å². The lowest BCUT2D eigenvalue weighted by Gasteiger charge is -2.13. The molecule has 3 aromatic heterocycles. The Morgan fingerprint density at radius 1 is 1.08 bits per heavy atom. The first-order valence-electron chi connectivity index (χ1n) is 11.9. The van der Waals surface area contributed by atoms with Gasteiger partial charge in [0.1, 0.15) is 16.4 Å². The number of pyridine rings is 1. The highest BCUT2D eigenvalue weighted by Crippen LogP contribution is 2.25. The Balaban J connectivity index is 1.62. The summed E-state index contributed by atoms with van der Waals surface area (Å²) in [6, 6.07) is 14.4. The number of carbonyl (C=O) groups is 2. The van der Waals surface area contributed by atoms with Gasteiger partial charge >= 0.3 is 0 Å². The second kappa shape index (κ2) is 9.76. The van der Waals surface area contributed by atoms with Crippen molar-refractivity contribution in [2.45, 2.75) is 20.4 Å². The van der Waals surface area contributed by atoms with Crippen molar-refractivity contribution < 1.29 is 14.1 Å². The highest BCUT2D eigenvalue weighted by Gasteiger charge is 2.23. The van der Waals surface area contributed by atoms with Crippen LogP contribution in [0.5, 0.6) is 0 Å². The molecular weight excluding hydrogens is 524 g/mol. The monoisotopic (exact) mass is 546 g/mol. The van der Waals surface area contributed by atoms with E-state index in [4.69, 9.17) is 21.9 Å². The van der Waals surface area contributed by atoms with E-state index in [0.29, 0.717) is 40.3 Å². The van der Waals surface area contributed by atoms with E-state index in [2.05, 4.69) is 10.3 Å². The zero-order valence-electron chi connectivity index (χ0n) is 21.2. The summed E-state index contributed by atoms with van der Waals surface area (Å²) in [4.78, 5) is 55.2. The number of halogens is 1. The van der Waals surface area contributed by atoms with E-state index >= 15 is 0 Å². The number of aryl methyl sites for hydroxylation is 3. The van der Waals surface area contributed by atoms with Crippen molar-refractivity contribution in [3.8, 4) is 16.8 Å². The van der Waals surface area contributed by atoms with Crippen molar-refractivity contribution in [3.63, 3.8) is 0 Å². The van der Waals surface area contributed by atoms with E-state index in [-0.39, 0.29) is 27.4 Å². The average molecular weight is 547 g/mol. The van der Waals surface area contributed by atoms with Crippen LogP contribution in [0.2, 0.25) is 5.15 Å². The summed E-state index contributed by atoms with van der Waals surface area (Å²) in [6.07, 6.45) is 0. The van der Waals surface area contributed by atoms with Gasteiger partial charge in [-0.2, -0.15) is 4.74 Å². The molecule has 0 spiro atoms. The largest absolute Gasteiger partial charge is 0.381 e. The van der Waals surface area contributed by atoms with Crippen LogP contribution in [0, 0.1) is 6.92 Å². The molecule has 0 radical (unpaired) electrons. The minimum Gasteiger partial charge on any atom is -0.381 e. The van der Waals surface area contributed by atoms with Crippen molar-refractivity contribution in [2.24, 2.45) is 12.8 Å². The number of amides is 2. The van der Waals surface area contributed by atoms with Crippen LogP contribution in [0.1, 0.15) is 33.5 Å². The number of nitrogens with two attached hydrogens (primary N) is 1. The van der Waals surface area contributed by atoms with Crippen molar-refractivity contribution in [1.82, 2.24) is 19.1 Å². The Bertz CT molecular complexity index is 1900. The van der Waals surface area contributed by atoms with Crippen LogP contribution < -0.4 is 22.2 Å². The Labute approximate surface area is 226 Å². The number of aromatic nitrogens is 4. The van der Waals surface area contributed by atoms with Gasteiger partial charge < -0.3 is 15.6 Å². The summed E-state index contributed by atoms with van der Waals surface area (Å²) < 4.78 is 9.60. The third-order valence-corrected chi connectivity index (χ3v) is 6.52. The molecule has 0 aliphatic rings. The maximum absolute atomic E-state index is 13.6. The number of hydrogen-bond acceptors (Lipinski definition) is 6. The summed E-state index contributed by atoms with van der Waals surface area (Å²) in [6.45, 7) is 3.86. The minimum atomic E-state index is -0.638. The molecule has 3 heterocycles. The van der Waals surface area contributed by atoms with Crippen molar-refractivity contribution in [2.75, 3.05) is 5.32 Å². The van der Waals surface area contributed by atoms with Crippen LogP contribution in [-0.2, 0) is 13.6 Å². The molecule has 3 N–H and O–H groups in total. The summed E-state index contributed by atoms with van der Waals surface area (Å²) in [5.74, 6) is -0.779. The fraction of sp³-hybridized carbons (Fsp3) is 0.148. The first kappa shape index (κ1) is 25.7. The zero-order valence-corrected chi connectivity index (χ0v) is 21.9. The molecule has 0 unspecified atom stereocenters. The number of fused-ring (bicyclic) bond motifs is 1. The number of benzene rings is 2. The fourth-order valence-corrected chi connectivity index (χ4v) is 4.80. The number of rotatable bonds is 6. The molecule has 198 valence electrons. The standard InChI is InChI=1S/C27H23ClN6O5/c1-4-33-23-19(13-20(28)31-22(23)25(36)30-17-7-5-6-16(12-17)24(29)35)26(37)34(33)18-10-8-15(9-11-18)21-14(2)39-32(3)27(21)38/h5-13H,4H2,1-3H3,(H2,29,35)(H,30,36). The number of primary amides is 1. The van der Waals surface area contributed by atoms with E-state index in [0.717, 1.165) is 4.74 Å². The van der Waals surface area contributed by atoms with Gasteiger partial charge in [0.2, 0.25) is 5.91 Å². The van der Waals surface area contributed by atoms with E-state index < -0.39 is 17.4 Å². The van der Waals surface area contributed by atoms with Gasteiger partial charge in [0.25, 0.3) is 17.0 Å². The maximum atomic E-state index is 13.6. The predicted octanol–water partition coefficient (Wildman–Crippen LogP) is 3.48. The third kappa shape index (κ3) is 4.42. The molecular formula is C27H23ClN6O5. The zero-order chi connectivity index (χ0) is 28.0. The second-order valence-electron chi connectivity index (χ2n) is 8.79. The molecule has 0 bridgehead atoms. The SMILES string of the molecule is CCn1c2c(C(=O)Nc3cccc(C(N)=O)c3)nc(Cl)cc2c(=O)n1-c1ccc(-c2c(C)on(C)c2=O)cc1. The first-order valence-corrected chi connectivity index (χ1v) is 12.3. The maximum Gasteiger partial charge on any atom is 0.290 e. The molecule has 0 saturated heterocycles. The van der Waals surface area contributed by atoms with Gasteiger partial charge in [-0.25, -0.2) is 9.67 Å². The van der Waals surface area contributed by atoms with Gasteiger partial charge in [-0.05, 0) is 55.8 Å². The van der Waals surface area contributed by atoms with Crippen molar-refractivity contribution >= 4 is 40.0 Å². The molecule has 2 amide bonds. The van der Waals surface area contributed by atoms with Crippen LogP contribution in [0.3, 0.4) is 0 Å². The Morgan fingerprint density at radius 3 is 2.41 bits per heavy atom. The summed E-state index contributed by atoms with van der Waals surface area (Å²) in [7, 11) is 1.54. The van der Waals surface area contributed by atoms with Gasteiger partial charge in [0.05, 0.1) is 16.6 Å². The fourth-order valence-electron chi connectivity index (χ4n) is 4.61. The lowest BCUT2D eigenvalue weighted by molar-refractivity contribution is 0.0995. The van der Waals surface area contributed by atoms with Crippen LogP contribution in [0.25, 0.3) is 27.7 Å². The highest BCUT2D eigenvalue weighted by atomic mass is 35.5. The number of nitrogens with one attached hydrogen (secondary N) is 1. The van der Waals surface area contributed by atoms with Gasteiger partial charge in [-0.1, -0.05) is 29.8 Å². The van der Waals surface area contributed by atoms with Crippen LogP contribution in [0.4, 0.5) is 5.69 Å². The van der Waals surface area contributed by atoms with Crippen molar-refractivity contribution in [1.29, 1.82) is 0 Å². The quantitative estimate of drug-likeness (QED) is 0.312. The predicted molar refractivity (Wildman–Crippen MR) is 147 cm³/mol. The molecule has 11 nitrogen and oxygen atoms in total. The molecule has 0 fully saturated rings. The van der Waals surface area contributed by atoms with Gasteiger partial charge in [0.15, 0.2) is 5.69 Å². The second-order valence-corrected chi connectivity index (χ2v) is 9.18. The van der Waals surface area contributed by atoms with E-state index in [9.17, 15) is 19.2 Å². The third-order valence-electron chi connectivity index (χ3n) is 6.33. The molecule has 5 rings (SSSR count). The Kier molecular flexibility index (Phi) is 6.44. The minimum absolute atomic E-state index is 0.0299. The van der Waals surface area contributed by atoms with Gasteiger partial charge in [0, 0.05) is 24.8 Å². The normalized spacial score (nSPS) is 11.2. The highest BCUT2D eigenvalue weighted by molar-refractivity contribution is 6.30. The van der Waals surface area contributed by atoms with Crippen molar-refractivity contribution in [3.05, 3.63) is 97.5 Å². The number of carbonyl (C=O) groups excluding carboxylic acids is 2. The van der Waals surface area contributed by atoms with Crippen LogP contribution >= 0.6 is 11.6 Å². The molecule has 0 atom stereocenters. The lowest BCUT2D eigenvalue weighted by atomic mass is 10.1.